The minimum absolute atomic E-state index is 0.202. The maximum atomic E-state index is 10.6. The van der Waals surface area contributed by atoms with E-state index in [1.54, 1.807) is 4.57 Å². The summed E-state index contributed by atoms with van der Waals surface area (Å²) < 4.78 is 2.12. The summed E-state index contributed by atoms with van der Waals surface area (Å²) in [5.74, 6) is -1.13. The minimum atomic E-state index is -1.13. The van der Waals surface area contributed by atoms with E-state index in [1.165, 1.54) is 11.3 Å². The summed E-state index contributed by atoms with van der Waals surface area (Å²) >= 11 is 6.44. The molecule has 0 fully saturated rings. The molecular formula is C11H8NO2S2-. The number of carbonyl (C=O) groups excluding carboxylic acids is 1. The van der Waals surface area contributed by atoms with Crippen LogP contribution in [0.2, 0.25) is 0 Å². The molecule has 0 bridgehead atoms. The lowest BCUT2D eigenvalue weighted by Gasteiger charge is -2.08. The van der Waals surface area contributed by atoms with E-state index in [2.05, 4.69) is 0 Å². The van der Waals surface area contributed by atoms with Crippen molar-refractivity contribution in [3.63, 3.8) is 0 Å². The molecule has 0 saturated carbocycles. The summed E-state index contributed by atoms with van der Waals surface area (Å²) in [6, 6.07) is 9.55. The van der Waals surface area contributed by atoms with E-state index in [0.29, 0.717) is 3.95 Å². The van der Waals surface area contributed by atoms with Gasteiger partial charge in [0, 0.05) is 5.38 Å². The SMILES string of the molecule is O=C([O-])Cn1c(-c2ccccc2)csc1=S. The third-order valence-electron chi connectivity index (χ3n) is 2.14. The lowest BCUT2D eigenvalue weighted by Crippen LogP contribution is -2.27. The number of aliphatic carboxylic acids is 1. The van der Waals surface area contributed by atoms with Crippen LogP contribution in [0.3, 0.4) is 0 Å². The molecule has 1 aromatic heterocycles. The molecule has 2 rings (SSSR count). The van der Waals surface area contributed by atoms with Gasteiger partial charge in [-0.25, -0.2) is 0 Å². The smallest absolute Gasteiger partial charge is 0.161 e. The molecule has 0 saturated heterocycles. The molecule has 0 N–H and O–H groups in total. The van der Waals surface area contributed by atoms with Gasteiger partial charge >= 0.3 is 0 Å². The Balaban J connectivity index is 2.50. The largest absolute Gasteiger partial charge is 0.548 e. The highest BCUT2D eigenvalue weighted by Gasteiger charge is 2.06. The molecule has 0 radical (unpaired) electrons. The van der Waals surface area contributed by atoms with Crippen LogP contribution in [0.1, 0.15) is 0 Å². The van der Waals surface area contributed by atoms with Gasteiger partial charge in [0.25, 0.3) is 0 Å². The molecule has 1 heterocycles. The number of nitrogens with zero attached hydrogens (tertiary/aromatic N) is 1. The van der Waals surface area contributed by atoms with Crippen molar-refractivity contribution in [3.8, 4) is 11.3 Å². The number of hydrogen-bond acceptors (Lipinski definition) is 4. The van der Waals surface area contributed by atoms with Crippen molar-refractivity contribution >= 4 is 29.5 Å². The number of rotatable bonds is 3. The molecule has 5 heteroatoms. The monoisotopic (exact) mass is 250 g/mol. The van der Waals surface area contributed by atoms with E-state index in [4.69, 9.17) is 12.2 Å². The maximum Gasteiger partial charge on any atom is 0.161 e. The van der Waals surface area contributed by atoms with Gasteiger partial charge in [0.15, 0.2) is 3.95 Å². The van der Waals surface area contributed by atoms with Crippen LogP contribution in [0.4, 0.5) is 0 Å². The van der Waals surface area contributed by atoms with E-state index in [1.807, 2.05) is 35.7 Å². The second-order valence-electron chi connectivity index (χ2n) is 3.21. The van der Waals surface area contributed by atoms with Crippen molar-refractivity contribution in [1.82, 2.24) is 4.57 Å². The summed E-state index contributed by atoms with van der Waals surface area (Å²) in [6.45, 7) is -0.202. The van der Waals surface area contributed by atoms with Crippen molar-refractivity contribution < 1.29 is 9.90 Å². The Bertz CT molecular complexity index is 557. The lowest BCUT2D eigenvalue weighted by molar-refractivity contribution is -0.306. The third-order valence-corrected chi connectivity index (χ3v) is 3.41. The van der Waals surface area contributed by atoms with Crippen molar-refractivity contribution in [2.45, 2.75) is 6.54 Å². The molecule has 1 aromatic carbocycles. The van der Waals surface area contributed by atoms with Gasteiger partial charge in [-0.1, -0.05) is 30.3 Å². The van der Waals surface area contributed by atoms with Gasteiger partial charge in [0.05, 0.1) is 18.2 Å². The van der Waals surface area contributed by atoms with Crippen LogP contribution in [0.25, 0.3) is 11.3 Å². The number of carboxylic acid groups (broad SMARTS) is 1. The van der Waals surface area contributed by atoms with Crippen LogP contribution < -0.4 is 5.11 Å². The number of carboxylic acids is 1. The number of aromatic nitrogens is 1. The molecule has 0 amide bonds. The standard InChI is InChI=1S/C11H9NO2S2/c13-10(14)6-12-9(7-16-11(12)15)8-4-2-1-3-5-8/h1-5,7H,6H2,(H,13,14)/p-1. The van der Waals surface area contributed by atoms with Crippen LogP contribution in [0, 0.1) is 3.95 Å². The highest BCUT2D eigenvalue weighted by Crippen LogP contribution is 2.23. The van der Waals surface area contributed by atoms with Gasteiger partial charge in [-0.05, 0) is 17.8 Å². The molecule has 2 aromatic rings. The summed E-state index contributed by atoms with van der Waals surface area (Å²) in [5.41, 5.74) is 1.77. The molecule has 0 atom stereocenters. The van der Waals surface area contributed by atoms with E-state index < -0.39 is 5.97 Å². The second kappa shape index (κ2) is 4.59. The van der Waals surface area contributed by atoms with Crippen LogP contribution in [-0.2, 0) is 11.3 Å². The maximum absolute atomic E-state index is 10.6. The molecule has 0 aliphatic carbocycles. The zero-order valence-electron chi connectivity index (χ0n) is 8.25. The Kier molecular flexibility index (Phi) is 3.17. The Morgan fingerprint density at radius 3 is 2.69 bits per heavy atom. The lowest BCUT2D eigenvalue weighted by atomic mass is 10.2. The first-order chi connectivity index (χ1) is 7.68. The summed E-state index contributed by atoms with van der Waals surface area (Å²) in [4.78, 5) is 10.6. The van der Waals surface area contributed by atoms with E-state index >= 15 is 0 Å². The Morgan fingerprint density at radius 1 is 1.38 bits per heavy atom. The van der Waals surface area contributed by atoms with Crippen molar-refractivity contribution in [1.29, 1.82) is 0 Å². The summed E-state index contributed by atoms with van der Waals surface area (Å²) in [6.07, 6.45) is 0. The average molecular weight is 250 g/mol. The zero-order valence-corrected chi connectivity index (χ0v) is 9.88. The Hall–Kier alpha value is -1.46. The first kappa shape index (κ1) is 11.0. The summed E-state index contributed by atoms with van der Waals surface area (Å²) in [5, 5.41) is 12.5. The highest BCUT2D eigenvalue weighted by atomic mass is 32.1. The highest BCUT2D eigenvalue weighted by molar-refractivity contribution is 7.73. The quantitative estimate of drug-likeness (QED) is 0.779. The molecule has 0 unspecified atom stereocenters. The number of hydrogen-bond donors (Lipinski definition) is 0. The van der Waals surface area contributed by atoms with Gasteiger partial charge < -0.3 is 14.5 Å². The first-order valence-corrected chi connectivity index (χ1v) is 5.91. The van der Waals surface area contributed by atoms with Gasteiger partial charge in [0.1, 0.15) is 0 Å². The molecular weight excluding hydrogens is 242 g/mol. The predicted molar refractivity (Wildman–Crippen MR) is 63.6 cm³/mol. The predicted octanol–water partition coefficient (Wildman–Crippen LogP) is 1.70. The van der Waals surface area contributed by atoms with Gasteiger partial charge in [-0.15, -0.1) is 11.3 Å². The topological polar surface area (TPSA) is 45.1 Å². The molecule has 3 nitrogen and oxygen atoms in total. The number of thiazole rings is 1. The molecule has 0 spiro atoms. The zero-order chi connectivity index (χ0) is 11.5. The average Bonchev–Trinajstić information content (AvgIpc) is 2.61. The summed E-state index contributed by atoms with van der Waals surface area (Å²) in [7, 11) is 0. The molecule has 16 heavy (non-hydrogen) atoms. The molecule has 0 aliphatic rings. The minimum Gasteiger partial charge on any atom is -0.548 e. The number of carbonyl (C=O) groups is 1. The fourth-order valence-corrected chi connectivity index (χ4v) is 2.52. The first-order valence-electron chi connectivity index (χ1n) is 4.62. The Morgan fingerprint density at radius 2 is 2.06 bits per heavy atom. The van der Waals surface area contributed by atoms with E-state index in [9.17, 15) is 9.90 Å². The second-order valence-corrected chi connectivity index (χ2v) is 4.71. The van der Waals surface area contributed by atoms with Crippen molar-refractivity contribution in [2.75, 3.05) is 0 Å². The Labute approximate surface area is 102 Å². The fraction of sp³-hybridized carbons (Fsp3) is 0.0909. The van der Waals surface area contributed by atoms with Crippen molar-refractivity contribution in [2.24, 2.45) is 0 Å². The van der Waals surface area contributed by atoms with Gasteiger partial charge in [-0.3, -0.25) is 0 Å². The van der Waals surface area contributed by atoms with E-state index in [0.717, 1.165) is 11.3 Å². The van der Waals surface area contributed by atoms with Gasteiger partial charge in [0.2, 0.25) is 0 Å². The van der Waals surface area contributed by atoms with Crippen LogP contribution >= 0.6 is 23.6 Å². The number of benzene rings is 1. The van der Waals surface area contributed by atoms with Gasteiger partial charge in [-0.2, -0.15) is 0 Å². The fourth-order valence-electron chi connectivity index (χ4n) is 1.44. The van der Waals surface area contributed by atoms with Crippen LogP contribution in [0.15, 0.2) is 35.7 Å². The van der Waals surface area contributed by atoms with Crippen molar-refractivity contribution in [3.05, 3.63) is 39.7 Å². The third kappa shape index (κ3) is 2.20. The van der Waals surface area contributed by atoms with Crippen LogP contribution in [0.5, 0.6) is 0 Å². The molecule has 82 valence electrons. The molecule has 0 aliphatic heterocycles. The van der Waals surface area contributed by atoms with E-state index in [-0.39, 0.29) is 6.54 Å². The van der Waals surface area contributed by atoms with Crippen LogP contribution in [-0.4, -0.2) is 10.5 Å². The normalized spacial score (nSPS) is 10.2.